The van der Waals surface area contributed by atoms with E-state index in [1.807, 2.05) is 18.2 Å². The Bertz CT molecular complexity index is 966. The molecule has 2 aromatic rings. The Hall–Kier alpha value is -1.85. The molecule has 5 heteroatoms. The Morgan fingerprint density at radius 2 is 1.62 bits per heavy atom. The smallest absolute Gasteiger partial charge is 0.211 e. The van der Waals surface area contributed by atoms with Crippen LogP contribution in [0.2, 0.25) is 0 Å². The van der Waals surface area contributed by atoms with E-state index < -0.39 is 10.0 Å². The van der Waals surface area contributed by atoms with E-state index in [2.05, 4.69) is 35.1 Å². The summed E-state index contributed by atoms with van der Waals surface area (Å²) in [6, 6.07) is 16.8. The van der Waals surface area contributed by atoms with Crippen molar-refractivity contribution in [3.05, 3.63) is 59.7 Å². The molecule has 3 aliphatic rings. The van der Waals surface area contributed by atoms with Crippen LogP contribution in [0.3, 0.4) is 0 Å². The topological polar surface area (TPSA) is 55.4 Å². The molecule has 0 radical (unpaired) electrons. The van der Waals surface area contributed by atoms with Crippen LogP contribution >= 0.6 is 0 Å². The lowest BCUT2D eigenvalue weighted by molar-refractivity contribution is 0.239. The van der Waals surface area contributed by atoms with Crippen molar-refractivity contribution in [3.63, 3.8) is 0 Å². The number of hydrogen-bond acceptors (Lipinski definition) is 3. The Kier molecular flexibility index (Phi) is 5.12. The molecule has 3 fully saturated rings. The molecule has 3 unspecified atom stereocenters. The molecule has 1 N–H and O–H groups in total. The van der Waals surface area contributed by atoms with Crippen molar-refractivity contribution < 1.29 is 13.2 Å². The van der Waals surface area contributed by atoms with Crippen molar-refractivity contribution in [3.8, 4) is 11.5 Å². The lowest BCUT2D eigenvalue weighted by Gasteiger charge is -2.41. The molecule has 5 rings (SSSR count). The van der Waals surface area contributed by atoms with Crippen molar-refractivity contribution >= 4 is 10.0 Å². The van der Waals surface area contributed by atoms with E-state index in [1.54, 1.807) is 0 Å². The predicted octanol–water partition coefficient (Wildman–Crippen LogP) is 5.32. The molecule has 3 atom stereocenters. The average Bonchev–Trinajstić information content (AvgIpc) is 2.67. The van der Waals surface area contributed by atoms with Gasteiger partial charge in [0.15, 0.2) is 0 Å². The summed E-state index contributed by atoms with van der Waals surface area (Å²) in [5, 5.41) is 0. The van der Waals surface area contributed by atoms with E-state index in [-0.39, 0.29) is 17.7 Å². The summed E-state index contributed by atoms with van der Waals surface area (Å²) in [5.74, 6) is 3.39. The van der Waals surface area contributed by atoms with E-state index in [0.717, 1.165) is 30.8 Å². The summed E-state index contributed by atoms with van der Waals surface area (Å²) in [6.07, 6.45) is 8.01. The summed E-state index contributed by atoms with van der Waals surface area (Å²) in [4.78, 5) is 0. The van der Waals surface area contributed by atoms with Gasteiger partial charge in [0.1, 0.15) is 11.5 Å². The van der Waals surface area contributed by atoms with Crippen LogP contribution in [-0.2, 0) is 10.0 Å². The van der Waals surface area contributed by atoms with Crippen LogP contribution in [0.5, 0.6) is 11.5 Å². The number of rotatable bonds is 4. The first-order valence-corrected chi connectivity index (χ1v) is 12.6. The number of nitrogens with one attached hydrogen (secondary N) is 1. The molecule has 0 bridgehead atoms. The number of benzene rings is 2. The van der Waals surface area contributed by atoms with Crippen molar-refractivity contribution in [2.24, 2.45) is 5.92 Å². The zero-order valence-electron chi connectivity index (χ0n) is 16.7. The fourth-order valence-electron chi connectivity index (χ4n) is 5.23. The van der Waals surface area contributed by atoms with Crippen LogP contribution in [0.4, 0.5) is 0 Å². The van der Waals surface area contributed by atoms with E-state index in [9.17, 15) is 8.42 Å². The van der Waals surface area contributed by atoms with Crippen molar-refractivity contribution in [1.82, 2.24) is 4.72 Å². The van der Waals surface area contributed by atoms with Gasteiger partial charge in [-0.15, -0.1) is 0 Å². The molecule has 2 saturated carbocycles. The monoisotopic (exact) mass is 411 g/mol. The molecular formula is C24H29NO3S. The zero-order chi connectivity index (χ0) is 19.8. The highest BCUT2D eigenvalue weighted by Gasteiger charge is 2.40. The summed E-state index contributed by atoms with van der Waals surface area (Å²) in [7, 11) is -3.13. The lowest BCUT2D eigenvalue weighted by Crippen LogP contribution is -2.51. The third-order valence-electron chi connectivity index (χ3n) is 7.08. The SMILES string of the molecule is O=S1(=O)CCC2CCCC(c3ccc(Oc4cccc(C5CCC5)c4)cc3)C2N1. The minimum Gasteiger partial charge on any atom is -0.457 e. The average molecular weight is 412 g/mol. The highest BCUT2D eigenvalue weighted by Crippen LogP contribution is 2.41. The highest BCUT2D eigenvalue weighted by atomic mass is 32.2. The largest absolute Gasteiger partial charge is 0.457 e. The third-order valence-corrected chi connectivity index (χ3v) is 8.49. The van der Waals surface area contributed by atoms with Crippen LogP contribution in [0.1, 0.15) is 67.9 Å². The Labute approximate surface area is 173 Å². The van der Waals surface area contributed by atoms with Gasteiger partial charge in [-0.25, -0.2) is 13.1 Å². The van der Waals surface area contributed by atoms with Crippen molar-refractivity contribution in [2.75, 3.05) is 5.75 Å². The maximum atomic E-state index is 12.1. The summed E-state index contributed by atoms with van der Waals surface area (Å²) >= 11 is 0. The van der Waals surface area contributed by atoms with Gasteiger partial charge in [0.05, 0.1) is 5.75 Å². The van der Waals surface area contributed by atoms with Crippen LogP contribution in [0.25, 0.3) is 0 Å². The summed E-state index contributed by atoms with van der Waals surface area (Å²) in [6.45, 7) is 0. The number of fused-ring (bicyclic) bond motifs is 1. The molecule has 2 aromatic carbocycles. The Morgan fingerprint density at radius 1 is 0.828 bits per heavy atom. The molecule has 0 aromatic heterocycles. The second-order valence-electron chi connectivity index (χ2n) is 8.92. The van der Waals surface area contributed by atoms with Gasteiger partial charge < -0.3 is 4.74 Å². The molecule has 0 amide bonds. The van der Waals surface area contributed by atoms with E-state index in [1.165, 1.54) is 36.8 Å². The lowest BCUT2D eigenvalue weighted by atomic mass is 9.73. The normalized spacial score (nSPS) is 28.9. The number of ether oxygens (including phenoxy) is 1. The highest BCUT2D eigenvalue weighted by molar-refractivity contribution is 7.89. The van der Waals surface area contributed by atoms with Gasteiger partial charge in [-0.05, 0) is 79.3 Å². The summed E-state index contributed by atoms with van der Waals surface area (Å²) < 4.78 is 33.3. The minimum absolute atomic E-state index is 0.0356. The third kappa shape index (κ3) is 4.08. The molecule has 1 heterocycles. The van der Waals surface area contributed by atoms with Gasteiger partial charge in [0.2, 0.25) is 10.0 Å². The standard InChI is InChI=1S/C24H29NO3S/c26-29(27)15-14-19-6-3-9-23(24(19)25-29)18-10-12-21(13-11-18)28-22-8-2-7-20(16-22)17-4-1-5-17/h2,7-8,10-13,16-17,19,23-25H,1,3-6,9,14-15H2. The zero-order valence-corrected chi connectivity index (χ0v) is 17.5. The van der Waals surface area contributed by atoms with Crippen molar-refractivity contribution in [2.45, 2.75) is 62.8 Å². The van der Waals surface area contributed by atoms with E-state index in [0.29, 0.717) is 11.8 Å². The molecular weight excluding hydrogens is 382 g/mol. The predicted molar refractivity (Wildman–Crippen MR) is 115 cm³/mol. The summed E-state index contributed by atoms with van der Waals surface area (Å²) in [5.41, 5.74) is 2.59. The maximum Gasteiger partial charge on any atom is 0.211 e. The molecule has 2 aliphatic carbocycles. The molecule has 4 nitrogen and oxygen atoms in total. The maximum absolute atomic E-state index is 12.1. The quantitative estimate of drug-likeness (QED) is 0.741. The van der Waals surface area contributed by atoms with Crippen LogP contribution in [0.15, 0.2) is 48.5 Å². The van der Waals surface area contributed by atoms with Crippen LogP contribution in [0, 0.1) is 5.92 Å². The van der Waals surface area contributed by atoms with Crippen LogP contribution in [-0.4, -0.2) is 20.2 Å². The molecule has 154 valence electrons. The van der Waals surface area contributed by atoms with Crippen molar-refractivity contribution in [1.29, 1.82) is 0 Å². The Morgan fingerprint density at radius 3 is 2.38 bits per heavy atom. The molecule has 29 heavy (non-hydrogen) atoms. The van der Waals surface area contributed by atoms with Gasteiger partial charge in [0.25, 0.3) is 0 Å². The first kappa shape index (κ1) is 19.1. The second kappa shape index (κ2) is 7.77. The minimum atomic E-state index is -3.13. The van der Waals surface area contributed by atoms with E-state index >= 15 is 0 Å². The van der Waals surface area contributed by atoms with Gasteiger partial charge in [-0.3, -0.25) is 0 Å². The van der Waals surface area contributed by atoms with Gasteiger partial charge in [-0.1, -0.05) is 37.1 Å². The second-order valence-corrected chi connectivity index (χ2v) is 10.8. The van der Waals surface area contributed by atoms with Gasteiger partial charge in [-0.2, -0.15) is 0 Å². The number of hydrogen-bond donors (Lipinski definition) is 1. The first-order valence-electron chi connectivity index (χ1n) is 11.0. The molecule has 1 aliphatic heterocycles. The van der Waals surface area contributed by atoms with Gasteiger partial charge >= 0.3 is 0 Å². The van der Waals surface area contributed by atoms with Crippen LogP contribution < -0.4 is 9.46 Å². The fraction of sp³-hybridized carbons (Fsp3) is 0.500. The number of sulfonamides is 1. The van der Waals surface area contributed by atoms with E-state index in [4.69, 9.17) is 4.74 Å². The first-order chi connectivity index (χ1) is 14.1. The fourth-order valence-corrected chi connectivity index (χ4v) is 6.73. The Balaban J connectivity index is 1.31. The molecule has 0 spiro atoms. The molecule has 1 saturated heterocycles. The van der Waals surface area contributed by atoms with Gasteiger partial charge in [0, 0.05) is 12.0 Å².